The second-order valence-electron chi connectivity index (χ2n) is 6.58. The maximum Gasteiger partial charge on any atom is 0.409 e. The zero-order valence-electron chi connectivity index (χ0n) is 15.2. The summed E-state index contributed by atoms with van der Waals surface area (Å²) in [5.74, 6) is 1.90. The highest BCUT2D eigenvalue weighted by Gasteiger charge is 2.31. The molecule has 0 spiro atoms. The molecule has 0 saturated carbocycles. The van der Waals surface area contributed by atoms with Crippen molar-refractivity contribution in [2.75, 3.05) is 61.1 Å². The van der Waals surface area contributed by atoms with Crippen molar-refractivity contribution < 1.29 is 17.9 Å². The summed E-state index contributed by atoms with van der Waals surface area (Å²) < 4.78 is 28.5. The Hall–Kier alpha value is -2.10. The van der Waals surface area contributed by atoms with Gasteiger partial charge in [-0.15, -0.1) is 0 Å². The first kappa shape index (κ1) is 18.7. The highest BCUT2D eigenvalue weighted by atomic mass is 32.2. The Labute approximate surface area is 153 Å². The number of rotatable bonds is 4. The Balaban J connectivity index is 1.64. The van der Waals surface area contributed by atoms with Crippen LogP contribution >= 0.6 is 0 Å². The quantitative estimate of drug-likeness (QED) is 0.736. The lowest BCUT2D eigenvalue weighted by atomic mass is 10.2. The van der Waals surface area contributed by atoms with Gasteiger partial charge in [0, 0.05) is 45.3 Å². The van der Waals surface area contributed by atoms with Crippen molar-refractivity contribution in [1.82, 2.24) is 14.9 Å². The maximum atomic E-state index is 11.8. The molecule has 0 aliphatic carbocycles. The molecule has 1 amide bonds. The van der Waals surface area contributed by atoms with Crippen molar-refractivity contribution in [2.24, 2.45) is 0 Å². The highest BCUT2D eigenvalue weighted by molar-refractivity contribution is 7.91. The average molecular weight is 383 g/mol. The van der Waals surface area contributed by atoms with E-state index in [1.165, 1.54) is 6.33 Å². The van der Waals surface area contributed by atoms with Crippen molar-refractivity contribution >= 4 is 27.6 Å². The number of hydrogen-bond donors (Lipinski definition) is 0. The van der Waals surface area contributed by atoms with Crippen LogP contribution < -0.4 is 9.80 Å². The number of ether oxygens (including phenoxy) is 1. The number of sulfone groups is 1. The fourth-order valence-electron chi connectivity index (χ4n) is 3.30. The average Bonchev–Trinajstić information content (AvgIpc) is 3.01. The van der Waals surface area contributed by atoms with Gasteiger partial charge < -0.3 is 19.4 Å². The molecule has 2 saturated heterocycles. The Morgan fingerprint density at radius 1 is 1.31 bits per heavy atom. The van der Waals surface area contributed by atoms with E-state index in [4.69, 9.17) is 4.74 Å². The van der Waals surface area contributed by atoms with E-state index in [9.17, 15) is 13.2 Å². The van der Waals surface area contributed by atoms with Gasteiger partial charge in [-0.2, -0.15) is 0 Å². The van der Waals surface area contributed by atoms with Crippen LogP contribution in [0.2, 0.25) is 0 Å². The lowest BCUT2D eigenvalue weighted by Crippen LogP contribution is -2.49. The van der Waals surface area contributed by atoms with Crippen LogP contribution in [0.3, 0.4) is 0 Å². The summed E-state index contributed by atoms with van der Waals surface area (Å²) in [6.07, 6.45) is 1.84. The maximum absolute atomic E-state index is 11.8. The second-order valence-corrected chi connectivity index (χ2v) is 8.80. The SMILES string of the molecule is CCOC(=O)N1CCN(c2cc(N(C)C3CCS(=O)(=O)C3)ncn2)CC1. The third-order valence-corrected chi connectivity index (χ3v) is 6.64. The van der Waals surface area contributed by atoms with Crippen molar-refractivity contribution in [3.63, 3.8) is 0 Å². The van der Waals surface area contributed by atoms with Crippen LogP contribution in [0.4, 0.5) is 16.4 Å². The normalized spacial score (nSPS) is 22.3. The number of hydrogen-bond acceptors (Lipinski definition) is 8. The molecule has 2 aliphatic heterocycles. The Morgan fingerprint density at radius 3 is 2.65 bits per heavy atom. The fraction of sp³-hybridized carbons (Fsp3) is 0.688. The molecule has 144 valence electrons. The van der Waals surface area contributed by atoms with Gasteiger partial charge in [0.25, 0.3) is 0 Å². The van der Waals surface area contributed by atoms with Crippen LogP contribution in [0.1, 0.15) is 13.3 Å². The van der Waals surface area contributed by atoms with Crippen molar-refractivity contribution in [3.05, 3.63) is 12.4 Å². The number of carbonyl (C=O) groups excluding carboxylic acids is 1. The van der Waals surface area contributed by atoms with Crippen LogP contribution in [0, 0.1) is 0 Å². The summed E-state index contributed by atoms with van der Waals surface area (Å²) in [6.45, 7) is 4.65. The van der Waals surface area contributed by atoms with E-state index in [0.717, 1.165) is 5.82 Å². The zero-order valence-corrected chi connectivity index (χ0v) is 16.0. The summed E-state index contributed by atoms with van der Waals surface area (Å²) in [4.78, 5) is 26.1. The molecule has 10 heteroatoms. The summed E-state index contributed by atoms with van der Waals surface area (Å²) in [5.41, 5.74) is 0. The van der Waals surface area contributed by atoms with E-state index in [1.807, 2.05) is 18.0 Å². The standard InChI is InChI=1S/C16H25N5O4S/c1-3-25-16(22)21-7-5-20(6-8-21)15-10-14(17-12-18-15)19(2)13-4-9-26(23,24)11-13/h10,12-13H,3-9,11H2,1-2H3. The van der Waals surface area contributed by atoms with E-state index in [-0.39, 0.29) is 23.6 Å². The Bertz CT molecular complexity index is 749. The van der Waals surface area contributed by atoms with Gasteiger partial charge in [-0.05, 0) is 13.3 Å². The van der Waals surface area contributed by atoms with Crippen LogP contribution in [0.25, 0.3) is 0 Å². The fourth-order valence-corrected chi connectivity index (χ4v) is 5.08. The topological polar surface area (TPSA) is 95.9 Å². The zero-order chi connectivity index (χ0) is 18.7. The molecule has 0 radical (unpaired) electrons. The van der Waals surface area contributed by atoms with Gasteiger partial charge in [0.2, 0.25) is 0 Å². The predicted molar refractivity (Wildman–Crippen MR) is 98.3 cm³/mol. The number of amides is 1. The van der Waals surface area contributed by atoms with Gasteiger partial charge in [-0.25, -0.2) is 23.2 Å². The molecular weight excluding hydrogens is 358 g/mol. The van der Waals surface area contributed by atoms with Crippen LogP contribution in [0.15, 0.2) is 12.4 Å². The minimum Gasteiger partial charge on any atom is -0.450 e. The molecule has 1 aromatic rings. The van der Waals surface area contributed by atoms with Crippen LogP contribution in [0.5, 0.6) is 0 Å². The number of piperazine rings is 1. The van der Waals surface area contributed by atoms with Crippen molar-refractivity contribution in [2.45, 2.75) is 19.4 Å². The largest absolute Gasteiger partial charge is 0.450 e. The Kier molecular flexibility index (Phi) is 5.49. The predicted octanol–water partition coefficient (Wildman–Crippen LogP) is 0.378. The Morgan fingerprint density at radius 2 is 2.04 bits per heavy atom. The summed E-state index contributed by atoms with van der Waals surface area (Å²) in [7, 11) is -1.07. The van der Waals surface area contributed by atoms with Gasteiger partial charge in [0.15, 0.2) is 9.84 Å². The molecular formula is C16H25N5O4S. The highest BCUT2D eigenvalue weighted by Crippen LogP contribution is 2.24. The minimum absolute atomic E-state index is 0.0524. The molecule has 3 rings (SSSR count). The van der Waals surface area contributed by atoms with Gasteiger partial charge in [0.1, 0.15) is 18.0 Å². The molecule has 0 bridgehead atoms. The molecule has 1 unspecified atom stereocenters. The number of nitrogens with zero attached hydrogens (tertiary/aromatic N) is 5. The van der Waals surface area contributed by atoms with Crippen LogP contribution in [-0.2, 0) is 14.6 Å². The first-order valence-electron chi connectivity index (χ1n) is 8.81. The molecule has 0 aromatic carbocycles. The third-order valence-electron chi connectivity index (χ3n) is 4.89. The number of anilines is 2. The van der Waals surface area contributed by atoms with Gasteiger partial charge in [0.05, 0.1) is 18.1 Å². The van der Waals surface area contributed by atoms with E-state index < -0.39 is 9.84 Å². The van der Waals surface area contributed by atoms with E-state index in [2.05, 4.69) is 14.9 Å². The van der Waals surface area contributed by atoms with Crippen molar-refractivity contribution in [3.8, 4) is 0 Å². The van der Waals surface area contributed by atoms with Gasteiger partial charge in [-0.3, -0.25) is 0 Å². The summed E-state index contributed by atoms with van der Waals surface area (Å²) >= 11 is 0. The smallest absolute Gasteiger partial charge is 0.409 e. The third kappa shape index (κ3) is 4.17. The molecule has 1 atom stereocenters. The first-order chi connectivity index (χ1) is 12.4. The van der Waals surface area contributed by atoms with E-state index in [0.29, 0.717) is 45.0 Å². The van der Waals surface area contributed by atoms with Gasteiger partial charge in [-0.1, -0.05) is 0 Å². The lowest BCUT2D eigenvalue weighted by molar-refractivity contribution is 0.105. The lowest BCUT2D eigenvalue weighted by Gasteiger charge is -2.35. The van der Waals surface area contributed by atoms with E-state index in [1.54, 1.807) is 11.8 Å². The second kappa shape index (κ2) is 7.65. The minimum atomic E-state index is -2.94. The summed E-state index contributed by atoms with van der Waals surface area (Å²) in [5, 5.41) is 0. The molecule has 2 aliphatic rings. The van der Waals surface area contributed by atoms with Crippen molar-refractivity contribution in [1.29, 1.82) is 0 Å². The summed E-state index contributed by atoms with van der Waals surface area (Å²) in [6, 6.07) is 1.83. The molecule has 3 heterocycles. The monoisotopic (exact) mass is 383 g/mol. The number of carbonyl (C=O) groups is 1. The first-order valence-corrected chi connectivity index (χ1v) is 10.6. The van der Waals surface area contributed by atoms with Gasteiger partial charge >= 0.3 is 6.09 Å². The molecule has 26 heavy (non-hydrogen) atoms. The van der Waals surface area contributed by atoms with Crippen LogP contribution in [-0.4, -0.2) is 86.8 Å². The number of aromatic nitrogens is 2. The molecule has 1 aromatic heterocycles. The van der Waals surface area contributed by atoms with E-state index >= 15 is 0 Å². The molecule has 9 nitrogen and oxygen atoms in total. The molecule has 2 fully saturated rings. The molecule has 0 N–H and O–H groups in total.